The zero-order chi connectivity index (χ0) is 31.1. The van der Waals surface area contributed by atoms with Gasteiger partial charge in [-0.3, -0.25) is 4.79 Å². The lowest BCUT2D eigenvalue weighted by Crippen LogP contribution is -2.49. The van der Waals surface area contributed by atoms with Crippen LogP contribution in [0.3, 0.4) is 0 Å². The van der Waals surface area contributed by atoms with E-state index in [0.717, 1.165) is 18.4 Å². The highest BCUT2D eigenvalue weighted by molar-refractivity contribution is 6.33. The van der Waals surface area contributed by atoms with Crippen molar-refractivity contribution in [3.63, 3.8) is 0 Å². The van der Waals surface area contributed by atoms with Gasteiger partial charge < -0.3 is 30.7 Å². The van der Waals surface area contributed by atoms with Gasteiger partial charge in [-0.1, -0.05) is 61.0 Å². The summed E-state index contributed by atoms with van der Waals surface area (Å²) < 4.78 is 44.2. The Morgan fingerprint density at radius 3 is 2.58 bits per heavy atom. The second-order valence-corrected chi connectivity index (χ2v) is 12.7. The molecule has 0 bridgehead atoms. The lowest BCUT2D eigenvalue weighted by atomic mass is 9.75. The number of aliphatic hydroxyl groups excluding tert-OH is 1. The summed E-state index contributed by atoms with van der Waals surface area (Å²) in [6.07, 6.45) is 1.67. The fourth-order valence-corrected chi connectivity index (χ4v) is 6.80. The number of alkyl halides is 1. The van der Waals surface area contributed by atoms with Gasteiger partial charge in [0.25, 0.3) is 0 Å². The lowest BCUT2D eigenvalue weighted by molar-refractivity contribution is -0.114. The number of benzene rings is 2. The summed E-state index contributed by atoms with van der Waals surface area (Å²) in [4.78, 5) is 12.6. The van der Waals surface area contributed by atoms with E-state index in [2.05, 4.69) is 5.32 Å². The number of hydrogen-bond acceptors (Lipinski definition) is 6. The largest absolute Gasteiger partial charge is 0.480 e. The zero-order valence-electron chi connectivity index (χ0n) is 24.6. The number of amides is 1. The molecule has 0 saturated heterocycles. The molecule has 1 saturated carbocycles. The second kappa shape index (κ2) is 12.3. The molecule has 7 nitrogen and oxygen atoms in total. The number of hydrogen-bond donors (Lipinski definition) is 4. The first-order valence-electron chi connectivity index (χ1n) is 14.7. The van der Waals surface area contributed by atoms with E-state index in [0.29, 0.717) is 24.9 Å². The van der Waals surface area contributed by atoms with Crippen LogP contribution in [0.25, 0.3) is 5.57 Å². The number of carbonyl (C=O) groups is 1. The number of rotatable bonds is 9. The number of halogens is 3. The molecule has 1 heterocycles. The van der Waals surface area contributed by atoms with Crippen molar-refractivity contribution in [2.75, 3.05) is 13.2 Å². The van der Waals surface area contributed by atoms with Gasteiger partial charge in [-0.25, -0.2) is 8.78 Å². The number of carbonyl (C=O) groups excluding carboxylic acids is 1. The Bertz CT molecular complexity index is 1420. The summed E-state index contributed by atoms with van der Waals surface area (Å²) in [5.41, 5.74) is 4.98. The minimum absolute atomic E-state index is 0.0204. The summed E-state index contributed by atoms with van der Waals surface area (Å²) in [6, 6.07) is 10.9. The van der Waals surface area contributed by atoms with Gasteiger partial charge in [0.15, 0.2) is 11.8 Å². The standard InChI is InChI=1S/C33H39ClF2N2O5/c1-18(39)16-42-24-10-9-22(31(37)40)27(30(24)36)28-26-19(2)33(20-7-5-4-6-8-20,43-25(26)15-23(35)29(28)34)17-38-21-11-13-32(3,41)14-12-21/h4-10,15,18-19,21,24,30,38-39,41H,11-14,16-17H2,1-3H3,(H2,37,40)/t18-,19-,21?,24-,30?,32?,33-/m0/s1. The van der Waals surface area contributed by atoms with Crippen molar-refractivity contribution in [1.82, 2.24) is 5.32 Å². The molecular weight excluding hydrogens is 578 g/mol. The molecular formula is C33H39ClF2N2O5. The number of ether oxygens (including phenoxy) is 2. The van der Waals surface area contributed by atoms with E-state index in [1.54, 1.807) is 0 Å². The van der Waals surface area contributed by atoms with Crippen molar-refractivity contribution in [3.8, 4) is 5.75 Å². The van der Waals surface area contributed by atoms with Gasteiger partial charge in [0.2, 0.25) is 5.91 Å². The van der Waals surface area contributed by atoms with Crippen molar-refractivity contribution in [2.24, 2.45) is 5.73 Å². The molecule has 5 atom stereocenters. The van der Waals surface area contributed by atoms with Crippen LogP contribution in [-0.2, 0) is 15.1 Å². The number of primary amides is 1. The monoisotopic (exact) mass is 616 g/mol. The summed E-state index contributed by atoms with van der Waals surface area (Å²) >= 11 is 6.62. The third-order valence-electron chi connectivity index (χ3n) is 9.00. The molecule has 5 N–H and O–H groups in total. The predicted molar refractivity (Wildman–Crippen MR) is 161 cm³/mol. The molecule has 2 aliphatic carbocycles. The summed E-state index contributed by atoms with van der Waals surface area (Å²) in [7, 11) is 0. The third kappa shape index (κ3) is 6.11. The molecule has 2 aromatic carbocycles. The molecule has 1 amide bonds. The van der Waals surface area contributed by atoms with E-state index >= 15 is 8.78 Å². The van der Waals surface area contributed by atoms with E-state index < -0.39 is 47.2 Å². The fourth-order valence-electron chi connectivity index (χ4n) is 6.54. The summed E-state index contributed by atoms with van der Waals surface area (Å²) in [5, 5.41) is 23.4. The van der Waals surface area contributed by atoms with Crippen LogP contribution in [0, 0.1) is 5.82 Å². The van der Waals surface area contributed by atoms with Gasteiger partial charge in [0, 0.05) is 46.8 Å². The summed E-state index contributed by atoms with van der Waals surface area (Å²) in [5.74, 6) is -2.00. The van der Waals surface area contributed by atoms with Crippen LogP contribution in [0.4, 0.5) is 8.78 Å². The Balaban J connectivity index is 1.60. The highest BCUT2D eigenvalue weighted by Crippen LogP contribution is 2.55. The van der Waals surface area contributed by atoms with Crippen LogP contribution in [0.1, 0.15) is 69.1 Å². The lowest BCUT2D eigenvalue weighted by Gasteiger charge is -2.38. The maximum atomic E-state index is 16.4. The first-order chi connectivity index (χ1) is 20.3. The number of aliphatic hydroxyl groups is 2. The van der Waals surface area contributed by atoms with E-state index in [1.165, 1.54) is 25.1 Å². The molecule has 232 valence electrons. The van der Waals surface area contributed by atoms with Gasteiger partial charge in [-0.2, -0.15) is 0 Å². The Labute approximate surface area is 255 Å². The topological polar surface area (TPSA) is 114 Å². The average molecular weight is 617 g/mol. The SMILES string of the molecule is C[C@H](O)CO[C@H]1C=CC(C(N)=O)=C(c2c(Cl)c(F)cc3c2[C@H](C)[C@@](CNC2CCC(C)(O)CC2)(c2ccccc2)O3)C1F. The van der Waals surface area contributed by atoms with Crippen molar-refractivity contribution in [1.29, 1.82) is 0 Å². The van der Waals surface area contributed by atoms with E-state index in [4.69, 9.17) is 26.8 Å². The molecule has 0 radical (unpaired) electrons. The van der Waals surface area contributed by atoms with Crippen molar-refractivity contribution < 1.29 is 33.3 Å². The second-order valence-electron chi connectivity index (χ2n) is 12.3. The first kappa shape index (κ1) is 31.6. The molecule has 10 heteroatoms. The molecule has 1 fully saturated rings. The van der Waals surface area contributed by atoms with Gasteiger partial charge in [0.1, 0.15) is 17.7 Å². The quantitative estimate of drug-likeness (QED) is 0.313. The van der Waals surface area contributed by atoms with Crippen molar-refractivity contribution in [3.05, 3.63) is 81.7 Å². The minimum Gasteiger partial charge on any atom is -0.480 e. The Morgan fingerprint density at radius 1 is 1.28 bits per heavy atom. The fraction of sp³-hybridized carbons (Fsp3) is 0.485. The van der Waals surface area contributed by atoms with Gasteiger partial charge >= 0.3 is 0 Å². The smallest absolute Gasteiger partial charge is 0.249 e. The molecule has 0 aromatic heterocycles. The van der Waals surface area contributed by atoms with E-state index in [1.807, 2.05) is 44.2 Å². The molecule has 1 aliphatic heterocycles. The Hall–Kier alpha value is -2.82. The highest BCUT2D eigenvalue weighted by Gasteiger charge is 2.51. The zero-order valence-corrected chi connectivity index (χ0v) is 25.3. The van der Waals surface area contributed by atoms with Crippen LogP contribution in [0.15, 0.2) is 54.1 Å². The number of nitrogens with one attached hydrogen (secondary N) is 1. The number of nitrogens with two attached hydrogens (primary N) is 1. The Morgan fingerprint density at radius 2 is 1.95 bits per heavy atom. The Kier molecular flexibility index (Phi) is 9.03. The van der Waals surface area contributed by atoms with Gasteiger partial charge in [0.05, 0.1) is 23.3 Å². The van der Waals surface area contributed by atoms with Crippen molar-refractivity contribution >= 4 is 23.1 Å². The maximum Gasteiger partial charge on any atom is 0.249 e. The maximum absolute atomic E-state index is 16.4. The molecule has 43 heavy (non-hydrogen) atoms. The van der Waals surface area contributed by atoms with Crippen LogP contribution < -0.4 is 15.8 Å². The normalized spacial score (nSPS) is 31.1. The molecule has 5 rings (SSSR count). The molecule has 0 spiro atoms. The average Bonchev–Trinajstić information content (AvgIpc) is 3.24. The van der Waals surface area contributed by atoms with Crippen LogP contribution in [0.2, 0.25) is 5.02 Å². The first-order valence-corrected chi connectivity index (χ1v) is 15.1. The molecule has 1 unspecified atom stereocenters. The van der Waals surface area contributed by atoms with Crippen molar-refractivity contribution in [2.45, 2.75) is 88.0 Å². The van der Waals surface area contributed by atoms with E-state index in [9.17, 15) is 15.0 Å². The highest BCUT2D eigenvalue weighted by atomic mass is 35.5. The molecule has 3 aliphatic rings. The predicted octanol–water partition coefficient (Wildman–Crippen LogP) is 5.07. The summed E-state index contributed by atoms with van der Waals surface area (Å²) in [6.45, 7) is 5.47. The number of fused-ring (bicyclic) bond motifs is 1. The van der Waals surface area contributed by atoms with Gasteiger partial charge in [-0.15, -0.1) is 0 Å². The molecule has 2 aromatic rings. The van der Waals surface area contributed by atoms with Crippen LogP contribution in [-0.4, -0.2) is 59.3 Å². The van der Waals surface area contributed by atoms with Gasteiger partial charge in [-0.05, 0) is 45.1 Å². The van der Waals surface area contributed by atoms with Crippen LogP contribution in [0.5, 0.6) is 5.75 Å². The minimum atomic E-state index is -1.93. The van der Waals surface area contributed by atoms with Crippen LogP contribution >= 0.6 is 11.6 Å². The van der Waals surface area contributed by atoms with E-state index in [-0.39, 0.29) is 40.1 Å². The third-order valence-corrected chi connectivity index (χ3v) is 9.37.